The average Bonchev–Trinajstić information content (AvgIpc) is 2.46. The molecule has 2 aromatic rings. The third-order valence-corrected chi connectivity index (χ3v) is 3.95. The van der Waals surface area contributed by atoms with E-state index in [0.29, 0.717) is 5.56 Å². The number of nitrogens with zero attached hydrogens (tertiary/aromatic N) is 1. The largest absolute Gasteiger partial charge is 0.465 e. The van der Waals surface area contributed by atoms with E-state index in [1.807, 2.05) is 24.3 Å². The molecule has 0 N–H and O–H groups in total. The Bertz CT molecular complexity index is 555. The van der Waals surface area contributed by atoms with E-state index in [9.17, 15) is 4.79 Å². The third-order valence-electron chi connectivity index (χ3n) is 2.46. The summed E-state index contributed by atoms with van der Waals surface area (Å²) in [6.45, 7) is 0. The molecule has 1 aromatic heterocycles. The van der Waals surface area contributed by atoms with Crippen molar-refractivity contribution in [2.45, 2.75) is 10.8 Å². The fourth-order valence-electron chi connectivity index (χ4n) is 1.46. The van der Waals surface area contributed by atoms with Crippen molar-refractivity contribution in [3.63, 3.8) is 0 Å². The van der Waals surface area contributed by atoms with E-state index in [4.69, 9.17) is 0 Å². The van der Waals surface area contributed by atoms with Gasteiger partial charge in [-0.3, -0.25) is 0 Å². The first-order valence-electron chi connectivity index (χ1n) is 5.60. The van der Waals surface area contributed by atoms with E-state index in [-0.39, 0.29) is 5.97 Å². The van der Waals surface area contributed by atoms with Gasteiger partial charge in [0.25, 0.3) is 0 Å². The van der Waals surface area contributed by atoms with Gasteiger partial charge in [0, 0.05) is 16.4 Å². The van der Waals surface area contributed by atoms with Crippen LogP contribution in [-0.2, 0) is 10.5 Å². The number of ether oxygens (including phenoxy) is 1. The van der Waals surface area contributed by atoms with Crippen LogP contribution in [0.15, 0.2) is 52.1 Å². The van der Waals surface area contributed by atoms with Gasteiger partial charge in [-0.2, -0.15) is 0 Å². The maximum Gasteiger partial charge on any atom is 0.337 e. The number of thioether (sulfide) groups is 1. The lowest BCUT2D eigenvalue weighted by Gasteiger charge is -2.03. The molecule has 2 rings (SSSR count). The lowest BCUT2D eigenvalue weighted by atomic mass is 10.1. The third kappa shape index (κ3) is 4.08. The molecular formula is C14H12BrNO2S. The number of rotatable bonds is 4. The maximum atomic E-state index is 11.3. The van der Waals surface area contributed by atoms with Crippen molar-refractivity contribution in [1.82, 2.24) is 4.98 Å². The molecule has 98 valence electrons. The predicted molar refractivity (Wildman–Crippen MR) is 79.3 cm³/mol. The minimum atomic E-state index is -0.311. The molecule has 3 nitrogen and oxygen atoms in total. The summed E-state index contributed by atoms with van der Waals surface area (Å²) in [5.74, 6) is 0.504. The van der Waals surface area contributed by atoms with Crippen LogP contribution in [0, 0.1) is 0 Å². The molecule has 0 amide bonds. The van der Waals surface area contributed by atoms with Crippen LogP contribution in [0.5, 0.6) is 0 Å². The van der Waals surface area contributed by atoms with Gasteiger partial charge in [0.15, 0.2) is 0 Å². The van der Waals surface area contributed by atoms with Crippen molar-refractivity contribution in [2.75, 3.05) is 7.11 Å². The minimum absolute atomic E-state index is 0.311. The Morgan fingerprint density at radius 1 is 1.26 bits per heavy atom. The number of carbonyl (C=O) groups is 1. The molecule has 0 saturated heterocycles. The zero-order valence-corrected chi connectivity index (χ0v) is 12.7. The number of hydrogen-bond donors (Lipinski definition) is 0. The molecule has 0 spiro atoms. The van der Waals surface area contributed by atoms with Crippen LogP contribution in [0.1, 0.15) is 15.9 Å². The molecular weight excluding hydrogens is 326 g/mol. The molecule has 0 atom stereocenters. The number of hydrogen-bond acceptors (Lipinski definition) is 4. The monoisotopic (exact) mass is 337 g/mol. The standard InChI is InChI=1S/C14H12BrNO2S/c1-18-14(17)11-4-2-10(3-5-11)9-19-13-7-6-12(15)8-16-13/h2-8H,9H2,1H3. The van der Waals surface area contributed by atoms with Crippen LogP contribution in [0.25, 0.3) is 0 Å². The molecule has 0 aliphatic heterocycles. The number of carbonyl (C=O) groups excluding carboxylic acids is 1. The summed E-state index contributed by atoms with van der Waals surface area (Å²) in [6, 6.07) is 11.3. The smallest absolute Gasteiger partial charge is 0.337 e. The predicted octanol–water partition coefficient (Wildman–Crippen LogP) is 3.92. The highest BCUT2D eigenvalue weighted by molar-refractivity contribution is 9.10. The zero-order valence-electron chi connectivity index (χ0n) is 10.3. The molecule has 1 heterocycles. The summed E-state index contributed by atoms with van der Waals surface area (Å²) < 4.78 is 5.63. The summed E-state index contributed by atoms with van der Waals surface area (Å²) >= 11 is 5.01. The Kier molecular flexibility index (Phi) is 4.99. The molecule has 0 radical (unpaired) electrons. The zero-order chi connectivity index (χ0) is 13.7. The fraction of sp³-hybridized carbons (Fsp3) is 0.143. The number of methoxy groups -OCH3 is 1. The van der Waals surface area contributed by atoms with Crippen LogP contribution < -0.4 is 0 Å². The number of benzene rings is 1. The lowest BCUT2D eigenvalue weighted by Crippen LogP contribution is -2.00. The second-order valence-corrected chi connectivity index (χ2v) is 5.70. The van der Waals surface area contributed by atoms with E-state index in [2.05, 4.69) is 25.7 Å². The summed E-state index contributed by atoms with van der Waals surface area (Å²) in [5, 5.41) is 0.972. The topological polar surface area (TPSA) is 39.2 Å². The van der Waals surface area contributed by atoms with Crippen molar-refractivity contribution in [2.24, 2.45) is 0 Å². The number of aromatic nitrogens is 1. The maximum absolute atomic E-state index is 11.3. The fourth-order valence-corrected chi connectivity index (χ4v) is 2.49. The molecule has 0 saturated carbocycles. The van der Waals surface area contributed by atoms with Gasteiger partial charge in [-0.05, 0) is 45.8 Å². The number of pyridine rings is 1. The van der Waals surface area contributed by atoms with E-state index in [1.165, 1.54) is 7.11 Å². The van der Waals surface area contributed by atoms with Gasteiger partial charge in [0.2, 0.25) is 0 Å². The molecule has 0 unspecified atom stereocenters. The Morgan fingerprint density at radius 2 is 2.00 bits per heavy atom. The van der Waals surface area contributed by atoms with E-state index in [0.717, 1.165) is 20.8 Å². The van der Waals surface area contributed by atoms with Gasteiger partial charge in [-0.1, -0.05) is 12.1 Å². The van der Waals surface area contributed by atoms with Crippen LogP contribution in [-0.4, -0.2) is 18.1 Å². The molecule has 19 heavy (non-hydrogen) atoms. The summed E-state index contributed by atoms with van der Waals surface area (Å²) in [6.07, 6.45) is 1.78. The highest BCUT2D eigenvalue weighted by Gasteiger charge is 2.04. The van der Waals surface area contributed by atoms with Crippen LogP contribution in [0.4, 0.5) is 0 Å². The Balaban J connectivity index is 1.96. The van der Waals surface area contributed by atoms with Gasteiger partial charge in [0.05, 0.1) is 17.7 Å². The van der Waals surface area contributed by atoms with Crippen molar-refractivity contribution in [3.05, 3.63) is 58.2 Å². The van der Waals surface area contributed by atoms with E-state index in [1.54, 1.807) is 30.1 Å². The molecule has 0 aliphatic rings. The van der Waals surface area contributed by atoms with Crippen LogP contribution in [0.3, 0.4) is 0 Å². The first-order valence-corrected chi connectivity index (χ1v) is 7.38. The summed E-state index contributed by atoms with van der Waals surface area (Å²) in [4.78, 5) is 15.6. The van der Waals surface area contributed by atoms with Gasteiger partial charge in [-0.25, -0.2) is 9.78 Å². The van der Waals surface area contributed by atoms with Crippen molar-refractivity contribution >= 4 is 33.7 Å². The molecule has 0 bridgehead atoms. The van der Waals surface area contributed by atoms with Gasteiger partial charge < -0.3 is 4.74 Å². The van der Waals surface area contributed by atoms with Crippen molar-refractivity contribution in [1.29, 1.82) is 0 Å². The number of halogens is 1. The van der Waals surface area contributed by atoms with Crippen LogP contribution >= 0.6 is 27.7 Å². The first kappa shape index (κ1) is 14.1. The molecule has 0 fully saturated rings. The summed E-state index contributed by atoms with van der Waals surface area (Å²) in [7, 11) is 1.38. The van der Waals surface area contributed by atoms with Crippen LogP contribution in [0.2, 0.25) is 0 Å². The highest BCUT2D eigenvalue weighted by Crippen LogP contribution is 2.22. The minimum Gasteiger partial charge on any atom is -0.465 e. The second kappa shape index (κ2) is 6.73. The average molecular weight is 338 g/mol. The molecule has 0 aliphatic carbocycles. The van der Waals surface area contributed by atoms with Crippen molar-refractivity contribution in [3.8, 4) is 0 Å². The van der Waals surface area contributed by atoms with Gasteiger partial charge in [-0.15, -0.1) is 11.8 Å². The molecule has 1 aromatic carbocycles. The Labute approximate surface area is 124 Å². The summed E-state index contributed by atoms with van der Waals surface area (Å²) in [5.41, 5.74) is 1.71. The SMILES string of the molecule is COC(=O)c1ccc(CSc2ccc(Br)cn2)cc1. The Hall–Kier alpha value is -1.33. The Morgan fingerprint density at radius 3 is 2.58 bits per heavy atom. The van der Waals surface area contributed by atoms with Crippen molar-refractivity contribution < 1.29 is 9.53 Å². The number of esters is 1. The quantitative estimate of drug-likeness (QED) is 0.626. The highest BCUT2D eigenvalue weighted by atomic mass is 79.9. The lowest BCUT2D eigenvalue weighted by molar-refractivity contribution is 0.0600. The molecule has 5 heteroatoms. The first-order chi connectivity index (χ1) is 9.19. The van der Waals surface area contributed by atoms with Gasteiger partial charge in [0.1, 0.15) is 0 Å². The van der Waals surface area contributed by atoms with E-state index >= 15 is 0 Å². The second-order valence-electron chi connectivity index (χ2n) is 3.79. The van der Waals surface area contributed by atoms with Gasteiger partial charge >= 0.3 is 5.97 Å². The normalized spacial score (nSPS) is 10.2. The van der Waals surface area contributed by atoms with E-state index < -0.39 is 0 Å².